The van der Waals surface area contributed by atoms with Crippen molar-refractivity contribution >= 4 is 17.3 Å². The molecule has 1 N–H and O–H groups in total. The number of carboxylic acid groups (broad SMARTS) is 1. The van der Waals surface area contributed by atoms with Crippen LogP contribution in [0.15, 0.2) is 35.7 Å². The van der Waals surface area contributed by atoms with Gasteiger partial charge in [0.25, 0.3) is 0 Å². The van der Waals surface area contributed by atoms with Crippen molar-refractivity contribution in [2.75, 3.05) is 13.7 Å². The molecule has 4 heteroatoms. The van der Waals surface area contributed by atoms with Crippen molar-refractivity contribution in [1.82, 2.24) is 0 Å². The van der Waals surface area contributed by atoms with Gasteiger partial charge in [0.05, 0.1) is 12.2 Å². The van der Waals surface area contributed by atoms with Gasteiger partial charge in [0.1, 0.15) is 0 Å². The number of thiophene rings is 1. The van der Waals surface area contributed by atoms with Crippen molar-refractivity contribution < 1.29 is 14.6 Å². The molecule has 3 nitrogen and oxygen atoms in total. The van der Waals surface area contributed by atoms with Crippen molar-refractivity contribution in [3.05, 3.63) is 46.8 Å². The summed E-state index contributed by atoms with van der Waals surface area (Å²) < 4.78 is 5.03. The van der Waals surface area contributed by atoms with Gasteiger partial charge in [0.15, 0.2) is 0 Å². The normalized spacial score (nSPS) is 10.5. The van der Waals surface area contributed by atoms with E-state index in [1.165, 1.54) is 16.9 Å². The molecule has 0 atom stereocenters. The molecule has 0 fully saturated rings. The highest BCUT2D eigenvalue weighted by Gasteiger charge is 2.07. The Bertz CT molecular complexity index is 528. The van der Waals surface area contributed by atoms with Crippen molar-refractivity contribution in [2.24, 2.45) is 0 Å². The predicted molar refractivity (Wildman–Crippen MR) is 72.3 cm³/mol. The number of methoxy groups -OCH3 is 1. The van der Waals surface area contributed by atoms with E-state index >= 15 is 0 Å². The molecule has 18 heavy (non-hydrogen) atoms. The number of benzene rings is 1. The van der Waals surface area contributed by atoms with Gasteiger partial charge in [-0.1, -0.05) is 24.3 Å². The molecule has 0 amide bonds. The van der Waals surface area contributed by atoms with E-state index in [-0.39, 0.29) is 0 Å². The maximum absolute atomic E-state index is 10.8. The molecule has 0 aliphatic heterocycles. The van der Waals surface area contributed by atoms with Gasteiger partial charge in [-0.05, 0) is 23.6 Å². The Labute approximate surface area is 110 Å². The third kappa shape index (κ3) is 2.97. The second kappa shape index (κ2) is 5.80. The molecular weight excluding hydrogens is 248 g/mol. The zero-order chi connectivity index (χ0) is 13.0. The Morgan fingerprint density at radius 3 is 2.61 bits per heavy atom. The monoisotopic (exact) mass is 262 g/mol. The minimum Gasteiger partial charge on any atom is -0.478 e. The minimum absolute atomic E-state index is 0.346. The van der Waals surface area contributed by atoms with Gasteiger partial charge in [0, 0.05) is 17.4 Å². The molecule has 94 valence electrons. The molecule has 2 rings (SSSR count). The van der Waals surface area contributed by atoms with Crippen LogP contribution in [0.5, 0.6) is 0 Å². The lowest BCUT2D eigenvalue weighted by Crippen LogP contribution is -1.93. The van der Waals surface area contributed by atoms with Gasteiger partial charge >= 0.3 is 5.97 Å². The van der Waals surface area contributed by atoms with Gasteiger partial charge in [-0.15, -0.1) is 11.3 Å². The SMILES string of the molecule is COCCc1ccc(-c2cc(C(=O)O)cs2)cc1. The maximum Gasteiger partial charge on any atom is 0.336 e. The summed E-state index contributed by atoms with van der Waals surface area (Å²) in [6, 6.07) is 9.84. The summed E-state index contributed by atoms with van der Waals surface area (Å²) in [6.45, 7) is 0.710. The number of hydrogen-bond donors (Lipinski definition) is 1. The summed E-state index contributed by atoms with van der Waals surface area (Å²) >= 11 is 1.45. The van der Waals surface area contributed by atoms with Gasteiger partial charge < -0.3 is 9.84 Å². The Hall–Kier alpha value is -1.65. The van der Waals surface area contributed by atoms with Crippen LogP contribution in [-0.4, -0.2) is 24.8 Å². The fourth-order valence-corrected chi connectivity index (χ4v) is 2.55. The van der Waals surface area contributed by atoms with Crippen LogP contribution in [0.25, 0.3) is 10.4 Å². The Balaban J connectivity index is 2.15. The quantitative estimate of drug-likeness (QED) is 0.899. The Kier molecular flexibility index (Phi) is 4.12. The first-order valence-electron chi connectivity index (χ1n) is 5.61. The number of ether oxygens (including phenoxy) is 1. The third-order valence-corrected chi connectivity index (χ3v) is 3.66. The van der Waals surface area contributed by atoms with Crippen LogP contribution in [0.1, 0.15) is 15.9 Å². The molecule has 0 radical (unpaired) electrons. The lowest BCUT2D eigenvalue weighted by Gasteiger charge is -2.02. The number of aromatic carboxylic acids is 1. The molecule has 0 saturated carbocycles. The van der Waals surface area contributed by atoms with E-state index in [0.717, 1.165) is 16.9 Å². The number of rotatable bonds is 5. The van der Waals surface area contributed by atoms with Gasteiger partial charge in [-0.25, -0.2) is 4.79 Å². The van der Waals surface area contributed by atoms with Crippen molar-refractivity contribution in [1.29, 1.82) is 0 Å². The lowest BCUT2D eigenvalue weighted by atomic mass is 10.1. The zero-order valence-electron chi connectivity index (χ0n) is 10.1. The molecule has 1 aromatic heterocycles. The van der Waals surface area contributed by atoms with Crippen LogP contribution in [0, 0.1) is 0 Å². The molecule has 0 spiro atoms. The summed E-state index contributed by atoms with van der Waals surface area (Å²) in [4.78, 5) is 11.8. The van der Waals surface area contributed by atoms with Gasteiger partial charge in [-0.2, -0.15) is 0 Å². The van der Waals surface area contributed by atoms with E-state index < -0.39 is 5.97 Å². The third-order valence-electron chi connectivity index (χ3n) is 2.68. The summed E-state index contributed by atoms with van der Waals surface area (Å²) in [6.07, 6.45) is 0.890. The smallest absolute Gasteiger partial charge is 0.336 e. The summed E-state index contributed by atoms with van der Waals surface area (Å²) in [5, 5.41) is 10.5. The first-order valence-corrected chi connectivity index (χ1v) is 6.49. The molecule has 0 unspecified atom stereocenters. The molecule has 0 bridgehead atoms. The largest absolute Gasteiger partial charge is 0.478 e. The van der Waals surface area contributed by atoms with E-state index in [4.69, 9.17) is 9.84 Å². The molecule has 2 aromatic rings. The topological polar surface area (TPSA) is 46.5 Å². The zero-order valence-corrected chi connectivity index (χ0v) is 10.9. The van der Waals surface area contributed by atoms with E-state index in [9.17, 15) is 4.79 Å². The fourth-order valence-electron chi connectivity index (χ4n) is 1.66. The van der Waals surface area contributed by atoms with E-state index in [1.54, 1.807) is 18.6 Å². The summed E-state index contributed by atoms with van der Waals surface area (Å²) in [5.74, 6) is -0.880. The van der Waals surface area contributed by atoms with Crippen LogP contribution in [0.4, 0.5) is 0 Å². The number of hydrogen-bond acceptors (Lipinski definition) is 3. The van der Waals surface area contributed by atoms with E-state index in [2.05, 4.69) is 12.1 Å². The molecule has 0 aliphatic carbocycles. The van der Waals surface area contributed by atoms with Crippen LogP contribution in [-0.2, 0) is 11.2 Å². The van der Waals surface area contributed by atoms with Crippen LogP contribution in [0.2, 0.25) is 0 Å². The second-order valence-electron chi connectivity index (χ2n) is 3.94. The average Bonchev–Trinajstić information content (AvgIpc) is 2.87. The first kappa shape index (κ1) is 12.8. The highest BCUT2D eigenvalue weighted by molar-refractivity contribution is 7.13. The number of carboxylic acids is 1. The molecule has 0 saturated heterocycles. The van der Waals surface area contributed by atoms with Crippen molar-refractivity contribution in [3.63, 3.8) is 0 Å². The van der Waals surface area contributed by atoms with Crippen LogP contribution in [0.3, 0.4) is 0 Å². The van der Waals surface area contributed by atoms with Crippen molar-refractivity contribution in [3.8, 4) is 10.4 Å². The standard InChI is InChI=1S/C14H14O3S/c1-17-7-6-10-2-4-11(5-3-10)13-8-12(9-18-13)14(15)16/h2-5,8-9H,6-7H2,1H3,(H,15,16). The fraction of sp³-hybridized carbons (Fsp3) is 0.214. The van der Waals surface area contributed by atoms with E-state index in [0.29, 0.717) is 12.2 Å². The minimum atomic E-state index is -0.880. The summed E-state index contributed by atoms with van der Waals surface area (Å²) in [5.41, 5.74) is 2.61. The number of carbonyl (C=O) groups is 1. The highest BCUT2D eigenvalue weighted by atomic mass is 32.1. The molecule has 0 aliphatic rings. The van der Waals surface area contributed by atoms with Gasteiger partial charge in [0.2, 0.25) is 0 Å². The van der Waals surface area contributed by atoms with Gasteiger partial charge in [-0.3, -0.25) is 0 Å². The Morgan fingerprint density at radius 2 is 2.06 bits per heavy atom. The second-order valence-corrected chi connectivity index (χ2v) is 4.86. The molecular formula is C14H14O3S. The maximum atomic E-state index is 10.8. The molecule has 1 heterocycles. The molecule has 1 aromatic carbocycles. The predicted octanol–water partition coefficient (Wildman–Crippen LogP) is 3.30. The van der Waals surface area contributed by atoms with Crippen LogP contribution < -0.4 is 0 Å². The first-order chi connectivity index (χ1) is 8.70. The average molecular weight is 262 g/mol. The Morgan fingerprint density at radius 1 is 1.33 bits per heavy atom. The van der Waals surface area contributed by atoms with Crippen LogP contribution >= 0.6 is 11.3 Å². The lowest BCUT2D eigenvalue weighted by molar-refractivity contribution is 0.0697. The van der Waals surface area contributed by atoms with Crippen molar-refractivity contribution in [2.45, 2.75) is 6.42 Å². The highest BCUT2D eigenvalue weighted by Crippen LogP contribution is 2.27. The summed E-state index contributed by atoms with van der Waals surface area (Å²) in [7, 11) is 1.69. The van der Waals surface area contributed by atoms with E-state index in [1.807, 2.05) is 12.1 Å².